The summed E-state index contributed by atoms with van der Waals surface area (Å²) >= 11 is 0. The summed E-state index contributed by atoms with van der Waals surface area (Å²) in [4.78, 5) is 10.7. The number of aliphatic hydroxyl groups is 3. The van der Waals surface area contributed by atoms with Gasteiger partial charge < -0.3 is 15.3 Å². The van der Waals surface area contributed by atoms with Crippen molar-refractivity contribution in [3.63, 3.8) is 0 Å². The molecule has 3 N–H and O–H groups in total. The van der Waals surface area contributed by atoms with Gasteiger partial charge in [-0.1, -0.05) is 20.8 Å². The summed E-state index contributed by atoms with van der Waals surface area (Å²) in [7, 11) is 0. The highest BCUT2D eigenvalue weighted by Crippen LogP contribution is 2.35. The Labute approximate surface area is 111 Å². The zero-order chi connectivity index (χ0) is 14.8. The average Bonchev–Trinajstić information content (AvgIpc) is 2.34. The Morgan fingerprint density at radius 3 is 1.95 bits per heavy atom. The number of rotatable bonds is 5. The topological polar surface area (TPSA) is 104 Å². The molecule has 1 aromatic carbocycles. The molecule has 0 unspecified atom stereocenters. The predicted molar refractivity (Wildman–Crippen MR) is 69.6 cm³/mol. The van der Waals surface area contributed by atoms with E-state index in [1.807, 2.05) is 13.8 Å². The monoisotopic (exact) mass is 269 g/mol. The fourth-order valence-corrected chi connectivity index (χ4v) is 2.40. The van der Waals surface area contributed by atoms with Crippen molar-refractivity contribution >= 4 is 5.69 Å². The number of benzene rings is 1. The molecular formula is C13H19NO5. The van der Waals surface area contributed by atoms with Gasteiger partial charge in [-0.05, 0) is 30.9 Å². The molecule has 0 heterocycles. The van der Waals surface area contributed by atoms with E-state index >= 15 is 0 Å². The van der Waals surface area contributed by atoms with Gasteiger partial charge in [0.2, 0.25) is 0 Å². The van der Waals surface area contributed by atoms with Crippen molar-refractivity contribution in [2.45, 2.75) is 46.0 Å². The molecule has 0 aliphatic heterocycles. The minimum Gasteiger partial charge on any atom is -0.340 e. The third-order valence-electron chi connectivity index (χ3n) is 3.23. The molecule has 6 nitrogen and oxygen atoms in total. The van der Waals surface area contributed by atoms with Gasteiger partial charge in [0.25, 0.3) is 5.69 Å². The van der Waals surface area contributed by atoms with Crippen LogP contribution < -0.4 is 0 Å². The Morgan fingerprint density at radius 1 is 1.11 bits per heavy atom. The molecule has 0 bridgehead atoms. The van der Waals surface area contributed by atoms with Crippen LogP contribution in [0.3, 0.4) is 0 Å². The maximum absolute atomic E-state index is 11.3. The number of aryl methyl sites for hydroxylation is 1. The van der Waals surface area contributed by atoms with Crippen LogP contribution in [0.25, 0.3) is 0 Å². The summed E-state index contributed by atoms with van der Waals surface area (Å²) in [5.74, 6) is -3.06. The zero-order valence-electron chi connectivity index (χ0n) is 11.3. The number of hydrogen-bond acceptors (Lipinski definition) is 5. The van der Waals surface area contributed by atoms with Crippen molar-refractivity contribution in [1.29, 1.82) is 0 Å². The van der Waals surface area contributed by atoms with Crippen molar-refractivity contribution in [2.75, 3.05) is 0 Å². The molecule has 0 aliphatic rings. The van der Waals surface area contributed by atoms with Gasteiger partial charge in [-0.25, -0.2) is 0 Å². The first-order chi connectivity index (χ1) is 8.77. The summed E-state index contributed by atoms with van der Waals surface area (Å²) in [6.45, 7) is 5.30. The molecule has 106 valence electrons. The minimum atomic E-state index is -3.06. The van der Waals surface area contributed by atoms with E-state index in [1.165, 1.54) is 6.07 Å². The smallest absolute Gasteiger partial charge is 0.304 e. The van der Waals surface area contributed by atoms with Crippen molar-refractivity contribution < 1.29 is 20.2 Å². The Kier molecular flexibility index (Phi) is 4.62. The first-order valence-corrected chi connectivity index (χ1v) is 6.27. The minimum absolute atomic E-state index is 0.124. The predicted octanol–water partition coefficient (Wildman–Crippen LogP) is 1.37. The van der Waals surface area contributed by atoms with E-state index in [0.29, 0.717) is 24.0 Å². The Bertz CT molecular complexity index is 491. The largest absolute Gasteiger partial charge is 0.340 e. The third-order valence-corrected chi connectivity index (χ3v) is 3.23. The quantitative estimate of drug-likeness (QED) is 0.425. The van der Waals surface area contributed by atoms with Gasteiger partial charge >= 0.3 is 5.97 Å². The first-order valence-electron chi connectivity index (χ1n) is 6.27. The van der Waals surface area contributed by atoms with E-state index in [0.717, 1.165) is 0 Å². The van der Waals surface area contributed by atoms with Gasteiger partial charge in [0.05, 0.1) is 10.5 Å². The van der Waals surface area contributed by atoms with Crippen LogP contribution in [-0.4, -0.2) is 20.2 Å². The lowest BCUT2D eigenvalue weighted by atomic mass is 9.90. The maximum atomic E-state index is 11.3. The van der Waals surface area contributed by atoms with Crippen LogP contribution in [0.4, 0.5) is 5.69 Å². The molecule has 0 radical (unpaired) electrons. The molecular weight excluding hydrogens is 250 g/mol. The highest BCUT2D eigenvalue weighted by atomic mass is 16.7. The highest BCUT2D eigenvalue weighted by Gasteiger charge is 2.33. The van der Waals surface area contributed by atoms with E-state index in [-0.39, 0.29) is 23.2 Å². The zero-order valence-corrected chi connectivity index (χ0v) is 11.3. The van der Waals surface area contributed by atoms with E-state index in [1.54, 1.807) is 6.92 Å². The first kappa shape index (κ1) is 15.6. The van der Waals surface area contributed by atoms with Crippen LogP contribution in [0.1, 0.15) is 43.0 Å². The summed E-state index contributed by atoms with van der Waals surface area (Å²) in [6, 6.07) is 1.44. The van der Waals surface area contributed by atoms with Gasteiger partial charge in [-0.3, -0.25) is 10.1 Å². The molecule has 0 aromatic heterocycles. The molecule has 0 atom stereocenters. The van der Waals surface area contributed by atoms with Crippen LogP contribution in [-0.2, 0) is 25.2 Å². The number of hydrogen-bond donors (Lipinski definition) is 3. The number of nitro benzene ring substituents is 1. The normalized spacial score (nSPS) is 11.7. The van der Waals surface area contributed by atoms with Crippen LogP contribution in [0.2, 0.25) is 0 Å². The maximum Gasteiger partial charge on any atom is 0.304 e. The van der Waals surface area contributed by atoms with Crippen LogP contribution in [0.5, 0.6) is 0 Å². The van der Waals surface area contributed by atoms with E-state index in [9.17, 15) is 25.4 Å². The van der Waals surface area contributed by atoms with Crippen LogP contribution >= 0.6 is 0 Å². The molecule has 1 aromatic rings. The summed E-state index contributed by atoms with van der Waals surface area (Å²) in [6.07, 6.45) is 1.21. The molecule has 0 amide bonds. The van der Waals surface area contributed by atoms with Gasteiger partial charge in [0.1, 0.15) is 0 Å². The van der Waals surface area contributed by atoms with Crippen LogP contribution in [0.15, 0.2) is 6.07 Å². The van der Waals surface area contributed by atoms with Crippen molar-refractivity contribution in [1.82, 2.24) is 0 Å². The number of nitro groups is 1. The number of nitrogens with zero attached hydrogens (tertiary/aromatic N) is 1. The van der Waals surface area contributed by atoms with Gasteiger partial charge in [-0.2, -0.15) is 0 Å². The molecule has 19 heavy (non-hydrogen) atoms. The molecule has 0 aliphatic carbocycles. The lowest BCUT2D eigenvalue weighted by Crippen LogP contribution is -2.27. The van der Waals surface area contributed by atoms with E-state index in [4.69, 9.17) is 0 Å². The molecule has 0 saturated carbocycles. The lowest BCUT2D eigenvalue weighted by molar-refractivity contribution is -0.387. The molecule has 0 fully saturated rings. The molecule has 0 spiro atoms. The van der Waals surface area contributed by atoms with Crippen molar-refractivity contribution in [3.8, 4) is 0 Å². The summed E-state index contributed by atoms with van der Waals surface area (Å²) < 4.78 is 0. The van der Waals surface area contributed by atoms with E-state index < -0.39 is 10.9 Å². The van der Waals surface area contributed by atoms with Gasteiger partial charge in [0, 0.05) is 11.1 Å². The Balaban J connectivity index is 3.78. The summed E-state index contributed by atoms with van der Waals surface area (Å²) in [5.41, 5.74) is 1.04. The second-order valence-corrected chi connectivity index (χ2v) is 4.34. The van der Waals surface area contributed by atoms with Gasteiger partial charge in [0.15, 0.2) is 0 Å². The second kappa shape index (κ2) is 5.64. The molecule has 0 saturated heterocycles. The highest BCUT2D eigenvalue weighted by molar-refractivity contribution is 5.56. The fourth-order valence-electron chi connectivity index (χ4n) is 2.40. The second-order valence-electron chi connectivity index (χ2n) is 4.34. The Morgan fingerprint density at radius 2 is 1.63 bits per heavy atom. The average molecular weight is 269 g/mol. The van der Waals surface area contributed by atoms with E-state index in [2.05, 4.69) is 0 Å². The SMILES string of the molecule is CCc1cc(C(O)(O)O)c(CC)c([N+](=O)[O-])c1CC. The van der Waals surface area contributed by atoms with Crippen LogP contribution in [0, 0.1) is 10.1 Å². The lowest BCUT2D eigenvalue weighted by Gasteiger charge is -2.21. The molecule has 1 rings (SSSR count). The summed E-state index contributed by atoms with van der Waals surface area (Å²) in [5, 5.41) is 39.4. The third kappa shape index (κ3) is 2.91. The standard InChI is InChI=1S/C13H19NO5/c1-4-8-7-11(13(15,16)17)10(6-3)12(14(18)19)9(8)5-2/h7,15-17H,4-6H2,1-3H3. The Hall–Kier alpha value is -1.50. The van der Waals surface area contributed by atoms with Crippen molar-refractivity contribution in [3.05, 3.63) is 38.4 Å². The molecule has 6 heteroatoms. The fraction of sp³-hybridized carbons (Fsp3) is 0.538. The van der Waals surface area contributed by atoms with Crippen molar-refractivity contribution in [2.24, 2.45) is 0 Å². The van der Waals surface area contributed by atoms with Gasteiger partial charge in [-0.15, -0.1) is 0 Å².